The first-order chi connectivity index (χ1) is 12.7. The summed E-state index contributed by atoms with van der Waals surface area (Å²) in [6, 6.07) is 20.1. The largest absolute Gasteiger partial charge is 0.340 e. The molecule has 5 nitrogen and oxygen atoms in total. The number of nitrogens with one attached hydrogen (secondary N) is 2. The summed E-state index contributed by atoms with van der Waals surface area (Å²) in [4.78, 5) is 19.0. The van der Waals surface area contributed by atoms with Crippen molar-refractivity contribution in [3.63, 3.8) is 0 Å². The van der Waals surface area contributed by atoms with E-state index in [9.17, 15) is 4.79 Å². The van der Waals surface area contributed by atoms with Crippen molar-refractivity contribution in [2.24, 2.45) is 0 Å². The van der Waals surface area contributed by atoms with Crippen LogP contribution in [0.1, 0.15) is 23.6 Å². The quantitative estimate of drug-likeness (QED) is 0.763. The minimum absolute atomic E-state index is 0.0943. The first-order valence-corrected chi connectivity index (χ1v) is 8.86. The van der Waals surface area contributed by atoms with E-state index in [2.05, 4.69) is 34.0 Å². The van der Waals surface area contributed by atoms with Gasteiger partial charge in [0.05, 0.1) is 5.52 Å². The van der Waals surface area contributed by atoms with Gasteiger partial charge in [0.15, 0.2) is 0 Å². The summed E-state index contributed by atoms with van der Waals surface area (Å²) in [5, 5.41) is 1.09. The topological polar surface area (TPSA) is 57.3 Å². The second-order valence-electron chi connectivity index (χ2n) is 6.72. The minimum atomic E-state index is -0.224. The first-order valence-electron chi connectivity index (χ1n) is 8.86. The Morgan fingerprint density at radius 1 is 1.08 bits per heavy atom. The Kier molecular flexibility index (Phi) is 4.65. The number of pyridine rings is 1. The average molecular weight is 346 g/mol. The van der Waals surface area contributed by atoms with Crippen molar-refractivity contribution < 1.29 is 4.79 Å². The van der Waals surface area contributed by atoms with E-state index in [1.165, 1.54) is 5.56 Å². The zero-order chi connectivity index (χ0) is 17.9. The normalized spacial score (nSPS) is 19.6. The number of hydrogen-bond donors (Lipinski definition) is 2. The third-order valence-electron chi connectivity index (χ3n) is 4.93. The number of para-hydroxylation sites is 1. The van der Waals surface area contributed by atoms with Crippen LogP contribution in [-0.2, 0) is 11.3 Å². The molecule has 0 aliphatic carbocycles. The fraction of sp³-hybridized carbons (Fsp3) is 0.238. The number of fused-ring (bicyclic) bond motifs is 1. The summed E-state index contributed by atoms with van der Waals surface area (Å²) in [6.45, 7) is 0.566. The van der Waals surface area contributed by atoms with Crippen molar-refractivity contribution in [2.45, 2.75) is 25.0 Å². The second-order valence-corrected chi connectivity index (χ2v) is 6.72. The molecule has 2 heterocycles. The van der Waals surface area contributed by atoms with Crippen LogP contribution in [0.2, 0.25) is 0 Å². The molecule has 0 spiro atoms. The van der Waals surface area contributed by atoms with Crippen LogP contribution >= 0.6 is 0 Å². The van der Waals surface area contributed by atoms with Gasteiger partial charge in [0, 0.05) is 31.2 Å². The number of rotatable bonds is 4. The predicted octanol–water partition coefficient (Wildman–Crippen LogP) is 2.80. The van der Waals surface area contributed by atoms with Crippen LogP contribution in [0.25, 0.3) is 10.9 Å². The number of carbonyl (C=O) groups excluding carboxylic acids is 1. The van der Waals surface area contributed by atoms with E-state index in [0.29, 0.717) is 6.54 Å². The minimum Gasteiger partial charge on any atom is -0.340 e. The third kappa shape index (κ3) is 3.31. The van der Waals surface area contributed by atoms with Crippen LogP contribution in [0.4, 0.5) is 0 Å². The number of aromatic nitrogens is 1. The molecule has 0 bridgehead atoms. The molecule has 3 aromatic rings. The van der Waals surface area contributed by atoms with Gasteiger partial charge in [-0.05, 0) is 29.7 Å². The fourth-order valence-electron chi connectivity index (χ4n) is 3.51. The van der Waals surface area contributed by atoms with Crippen LogP contribution < -0.4 is 10.9 Å². The number of likely N-dealkylation sites (N-methyl/N-ethyl adjacent to an activating group) is 1. The molecule has 1 aliphatic heterocycles. The fourth-order valence-corrected chi connectivity index (χ4v) is 3.51. The van der Waals surface area contributed by atoms with E-state index in [4.69, 9.17) is 0 Å². The van der Waals surface area contributed by atoms with Crippen molar-refractivity contribution in [3.05, 3.63) is 78.0 Å². The van der Waals surface area contributed by atoms with Gasteiger partial charge < -0.3 is 4.90 Å². The van der Waals surface area contributed by atoms with Gasteiger partial charge in [0.2, 0.25) is 5.91 Å². The lowest BCUT2D eigenvalue weighted by atomic mass is 10.0. The van der Waals surface area contributed by atoms with Gasteiger partial charge >= 0.3 is 0 Å². The zero-order valence-electron chi connectivity index (χ0n) is 14.7. The molecule has 1 amide bonds. The highest BCUT2D eigenvalue weighted by atomic mass is 16.2. The molecule has 4 rings (SSSR count). The van der Waals surface area contributed by atoms with Crippen LogP contribution in [-0.4, -0.2) is 28.9 Å². The monoisotopic (exact) mass is 346 g/mol. The highest BCUT2D eigenvalue weighted by Gasteiger charge is 2.31. The first kappa shape index (κ1) is 16.7. The second kappa shape index (κ2) is 7.23. The van der Waals surface area contributed by atoms with Gasteiger partial charge in [-0.3, -0.25) is 9.78 Å². The van der Waals surface area contributed by atoms with Crippen LogP contribution in [0.5, 0.6) is 0 Å². The van der Waals surface area contributed by atoms with Crippen molar-refractivity contribution >= 4 is 16.8 Å². The lowest BCUT2D eigenvalue weighted by Crippen LogP contribution is -2.43. The number of carbonyl (C=O) groups is 1. The average Bonchev–Trinajstić information content (AvgIpc) is 3.18. The highest BCUT2D eigenvalue weighted by molar-refractivity contribution is 5.84. The Balaban J connectivity index is 1.45. The Morgan fingerprint density at radius 3 is 2.69 bits per heavy atom. The summed E-state index contributed by atoms with van der Waals surface area (Å²) in [5.74, 6) is 0.0943. The Hall–Kier alpha value is -2.76. The summed E-state index contributed by atoms with van der Waals surface area (Å²) >= 11 is 0. The molecule has 1 aliphatic rings. The molecule has 2 aromatic carbocycles. The molecule has 2 unspecified atom stereocenters. The number of hydrazine groups is 1. The van der Waals surface area contributed by atoms with E-state index in [1.54, 1.807) is 11.1 Å². The van der Waals surface area contributed by atoms with Crippen molar-refractivity contribution in [1.82, 2.24) is 20.7 Å². The summed E-state index contributed by atoms with van der Waals surface area (Å²) in [7, 11) is 1.86. The lowest BCUT2D eigenvalue weighted by molar-refractivity contribution is -0.132. The van der Waals surface area contributed by atoms with E-state index in [0.717, 1.165) is 22.9 Å². The number of nitrogens with zero attached hydrogens (tertiary/aromatic N) is 2. The van der Waals surface area contributed by atoms with E-state index in [1.807, 2.05) is 49.5 Å². The molecular weight excluding hydrogens is 324 g/mol. The molecule has 1 fully saturated rings. The zero-order valence-corrected chi connectivity index (χ0v) is 14.7. The van der Waals surface area contributed by atoms with Gasteiger partial charge in [-0.1, -0.05) is 48.5 Å². The van der Waals surface area contributed by atoms with Crippen molar-refractivity contribution in [3.8, 4) is 0 Å². The van der Waals surface area contributed by atoms with Gasteiger partial charge in [0.1, 0.15) is 6.04 Å². The van der Waals surface area contributed by atoms with Gasteiger partial charge in [-0.15, -0.1) is 0 Å². The number of benzene rings is 2. The number of amides is 1. The lowest BCUT2D eigenvalue weighted by Gasteiger charge is -2.21. The molecule has 132 valence electrons. The molecule has 5 heteroatoms. The predicted molar refractivity (Wildman–Crippen MR) is 102 cm³/mol. The SMILES string of the molecule is CN(Cc1ccnc2ccccc12)C(=O)C1CC(c2ccccc2)NN1. The standard InChI is InChI=1S/C21H22N4O/c1-25(14-16-11-12-22-18-10-6-5-9-17(16)18)21(26)20-13-19(23-24-20)15-7-3-2-4-8-15/h2-12,19-20,23-24H,13-14H2,1H3. The summed E-state index contributed by atoms with van der Waals surface area (Å²) in [5.41, 5.74) is 9.66. The van der Waals surface area contributed by atoms with Gasteiger partial charge in [-0.2, -0.15) is 0 Å². The molecule has 2 N–H and O–H groups in total. The maximum Gasteiger partial charge on any atom is 0.241 e. The molecule has 1 aromatic heterocycles. The van der Waals surface area contributed by atoms with Crippen molar-refractivity contribution in [2.75, 3.05) is 7.05 Å². The third-order valence-corrected chi connectivity index (χ3v) is 4.93. The van der Waals surface area contributed by atoms with E-state index >= 15 is 0 Å². The smallest absolute Gasteiger partial charge is 0.241 e. The van der Waals surface area contributed by atoms with Crippen LogP contribution in [0.3, 0.4) is 0 Å². The van der Waals surface area contributed by atoms with E-state index in [-0.39, 0.29) is 18.0 Å². The number of hydrogen-bond acceptors (Lipinski definition) is 4. The Labute approximate surface area is 153 Å². The Morgan fingerprint density at radius 2 is 1.85 bits per heavy atom. The van der Waals surface area contributed by atoms with E-state index < -0.39 is 0 Å². The molecule has 2 atom stereocenters. The van der Waals surface area contributed by atoms with Crippen molar-refractivity contribution in [1.29, 1.82) is 0 Å². The molecular formula is C21H22N4O. The molecule has 26 heavy (non-hydrogen) atoms. The molecule has 0 saturated carbocycles. The maximum atomic E-state index is 12.9. The summed E-state index contributed by atoms with van der Waals surface area (Å²) in [6.07, 6.45) is 2.54. The highest BCUT2D eigenvalue weighted by Crippen LogP contribution is 2.23. The van der Waals surface area contributed by atoms with Crippen LogP contribution in [0.15, 0.2) is 66.9 Å². The molecule has 1 saturated heterocycles. The van der Waals surface area contributed by atoms with Gasteiger partial charge in [0.25, 0.3) is 0 Å². The summed E-state index contributed by atoms with van der Waals surface area (Å²) < 4.78 is 0. The maximum absolute atomic E-state index is 12.9. The molecule has 0 radical (unpaired) electrons. The van der Waals surface area contributed by atoms with Crippen LogP contribution in [0, 0.1) is 0 Å². The van der Waals surface area contributed by atoms with Gasteiger partial charge in [-0.25, -0.2) is 10.9 Å². The Bertz CT molecular complexity index is 907.